The van der Waals surface area contributed by atoms with Gasteiger partial charge in [0.2, 0.25) is 0 Å². The van der Waals surface area contributed by atoms with Crippen LogP contribution in [0.3, 0.4) is 0 Å². The second-order valence-corrected chi connectivity index (χ2v) is 5.94. The van der Waals surface area contributed by atoms with Crippen LogP contribution in [-0.2, 0) is 16.0 Å². The van der Waals surface area contributed by atoms with Crippen LogP contribution in [0.1, 0.15) is 25.3 Å². The van der Waals surface area contributed by atoms with Crippen LogP contribution in [0.5, 0.6) is 0 Å². The van der Waals surface area contributed by atoms with Gasteiger partial charge in [0.05, 0.1) is 6.61 Å². The lowest BCUT2D eigenvalue weighted by molar-refractivity contribution is -0.150. The van der Waals surface area contributed by atoms with Gasteiger partial charge in [-0.25, -0.2) is 0 Å². The summed E-state index contributed by atoms with van der Waals surface area (Å²) in [5, 5.41) is 0. The van der Waals surface area contributed by atoms with E-state index in [0.717, 1.165) is 19.5 Å². The predicted octanol–water partition coefficient (Wildman–Crippen LogP) is 2.26. The van der Waals surface area contributed by atoms with Gasteiger partial charge in [-0.2, -0.15) is 0 Å². The van der Waals surface area contributed by atoms with Gasteiger partial charge in [-0.15, -0.1) is 0 Å². The fraction of sp³-hybridized carbons (Fsp3) is 0.562. The molecule has 2 aliphatic rings. The Morgan fingerprint density at radius 2 is 2.00 bits per heavy atom. The molecule has 1 atom stereocenters. The maximum Gasteiger partial charge on any atom is 0.251 e. The Bertz CT molecular complexity index is 445. The van der Waals surface area contributed by atoms with E-state index in [4.69, 9.17) is 4.74 Å². The van der Waals surface area contributed by atoms with Gasteiger partial charge in [0.1, 0.15) is 6.10 Å². The van der Waals surface area contributed by atoms with Crippen LogP contribution in [0.15, 0.2) is 30.3 Å². The molecule has 1 aromatic rings. The molecule has 1 saturated heterocycles. The molecule has 0 N–H and O–H groups in total. The zero-order valence-electron chi connectivity index (χ0n) is 11.5. The van der Waals surface area contributed by atoms with Crippen LogP contribution in [0.25, 0.3) is 0 Å². The molecule has 19 heavy (non-hydrogen) atoms. The number of nitrogens with zero attached hydrogens (tertiary/aromatic N) is 1. The minimum Gasteiger partial charge on any atom is -0.368 e. The number of rotatable bonds is 5. The number of amides is 1. The molecule has 1 unspecified atom stereocenters. The molecule has 1 amide bonds. The van der Waals surface area contributed by atoms with E-state index in [2.05, 4.69) is 12.1 Å². The van der Waals surface area contributed by atoms with E-state index in [-0.39, 0.29) is 12.0 Å². The van der Waals surface area contributed by atoms with Gasteiger partial charge < -0.3 is 9.64 Å². The summed E-state index contributed by atoms with van der Waals surface area (Å²) in [6.45, 7) is 4.39. The van der Waals surface area contributed by atoms with Gasteiger partial charge in [-0.05, 0) is 31.7 Å². The minimum absolute atomic E-state index is 0.158. The second-order valence-electron chi connectivity index (χ2n) is 5.94. The fourth-order valence-corrected chi connectivity index (χ4v) is 2.74. The lowest BCUT2D eigenvalue weighted by Crippen LogP contribution is -2.54. The molecule has 3 nitrogen and oxygen atoms in total. The molecule has 1 heterocycles. The summed E-state index contributed by atoms with van der Waals surface area (Å²) < 4.78 is 5.66. The van der Waals surface area contributed by atoms with Crippen molar-refractivity contribution in [2.45, 2.75) is 32.3 Å². The number of benzene rings is 1. The summed E-state index contributed by atoms with van der Waals surface area (Å²) in [4.78, 5) is 14.0. The number of likely N-dealkylation sites (tertiary alicyclic amines) is 1. The lowest BCUT2D eigenvalue weighted by Gasteiger charge is -2.41. The summed E-state index contributed by atoms with van der Waals surface area (Å²) in [6, 6.07) is 10.2. The Hall–Kier alpha value is -1.35. The van der Waals surface area contributed by atoms with E-state index in [0.29, 0.717) is 12.0 Å². The van der Waals surface area contributed by atoms with Gasteiger partial charge in [0.15, 0.2) is 0 Å². The third kappa shape index (κ3) is 2.81. The quantitative estimate of drug-likeness (QED) is 0.811. The Morgan fingerprint density at radius 3 is 2.63 bits per heavy atom. The summed E-state index contributed by atoms with van der Waals surface area (Å²) in [5.41, 5.74) is 1.78. The molecular weight excluding hydrogens is 238 g/mol. The molecule has 0 aromatic heterocycles. The molecule has 3 rings (SSSR count). The van der Waals surface area contributed by atoms with Crippen molar-refractivity contribution in [3.05, 3.63) is 35.9 Å². The maximum atomic E-state index is 12.1. The first-order valence-corrected chi connectivity index (χ1v) is 7.13. The molecular formula is C16H21NO2. The highest BCUT2D eigenvalue weighted by Crippen LogP contribution is 2.52. The molecule has 1 saturated carbocycles. The van der Waals surface area contributed by atoms with Crippen molar-refractivity contribution in [3.8, 4) is 0 Å². The van der Waals surface area contributed by atoms with Crippen LogP contribution >= 0.6 is 0 Å². The van der Waals surface area contributed by atoms with Gasteiger partial charge in [-0.1, -0.05) is 30.3 Å². The largest absolute Gasteiger partial charge is 0.368 e. The summed E-state index contributed by atoms with van der Waals surface area (Å²) in [5.74, 6) is 0.158. The second kappa shape index (κ2) is 4.97. The Balaban J connectivity index is 1.39. The highest BCUT2D eigenvalue weighted by atomic mass is 16.5. The highest BCUT2D eigenvalue weighted by molar-refractivity contribution is 5.81. The minimum atomic E-state index is -0.306. The van der Waals surface area contributed by atoms with Crippen molar-refractivity contribution in [1.82, 2.24) is 4.90 Å². The molecule has 1 aromatic carbocycles. The first-order chi connectivity index (χ1) is 9.19. The van der Waals surface area contributed by atoms with Crippen molar-refractivity contribution in [2.75, 3.05) is 19.7 Å². The van der Waals surface area contributed by atoms with Gasteiger partial charge in [0.25, 0.3) is 5.91 Å². The van der Waals surface area contributed by atoms with Crippen LogP contribution < -0.4 is 0 Å². The third-order valence-electron chi connectivity index (χ3n) is 4.27. The molecule has 102 valence electrons. The zero-order chi connectivity index (χ0) is 13.3. The summed E-state index contributed by atoms with van der Waals surface area (Å²) in [6.07, 6.45) is 3.17. The third-order valence-corrected chi connectivity index (χ3v) is 4.27. The SMILES string of the molecule is CC(OCCc1ccccc1)C(=O)N1CC2(CC2)C1. The average Bonchev–Trinajstić information content (AvgIpc) is 3.18. The van der Waals surface area contributed by atoms with Crippen molar-refractivity contribution >= 4 is 5.91 Å². The van der Waals surface area contributed by atoms with E-state index < -0.39 is 0 Å². The van der Waals surface area contributed by atoms with Gasteiger partial charge in [0, 0.05) is 18.5 Å². The standard InChI is InChI=1S/C16H21NO2/c1-13(15(18)17-11-16(12-17)8-9-16)19-10-7-14-5-3-2-4-6-14/h2-6,13H,7-12H2,1H3. The predicted molar refractivity (Wildman–Crippen MR) is 73.8 cm³/mol. The van der Waals surface area contributed by atoms with E-state index in [1.54, 1.807) is 0 Å². The molecule has 1 spiro atoms. The van der Waals surface area contributed by atoms with Crippen molar-refractivity contribution in [2.24, 2.45) is 5.41 Å². The topological polar surface area (TPSA) is 29.5 Å². The van der Waals surface area contributed by atoms with Gasteiger partial charge >= 0.3 is 0 Å². The molecule has 0 radical (unpaired) electrons. The average molecular weight is 259 g/mol. The number of carbonyl (C=O) groups excluding carboxylic acids is 1. The van der Waals surface area contributed by atoms with Crippen molar-refractivity contribution in [1.29, 1.82) is 0 Å². The normalized spacial score (nSPS) is 21.0. The van der Waals surface area contributed by atoms with E-state index in [1.165, 1.54) is 18.4 Å². The molecule has 1 aliphatic carbocycles. The maximum absolute atomic E-state index is 12.1. The number of ether oxygens (including phenoxy) is 1. The fourth-order valence-electron chi connectivity index (χ4n) is 2.74. The van der Waals surface area contributed by atoms with E-state index >= 15 is 0 Å². The monoisotopic (exact) mass is 259 g/mol. The number of hydrogen-bond donors (Lipinski definition) is 0. The summed E-state index contributed by atoms with van der Waals surface area (Å²) in [7, 11) is 0. The molecule has 3 heteroatoms. The molecule has 0 bridgehead atoms. The molecule has 1 aliphatic heterocycles. The summed E-state index contributed by atoms with van der Waals surface area (Å²) >= 11 is 0. The zero-order valence-corrected chi connectivity index (χ0v) is 11.5. The van der Waals surface area contributed by atoms with Crippen LogP contribution in [0.4, 0.5) is 0 Å². The van der Waals surface area contributed by atoms with Crippen molar-refractivity contribution in [3.63, 3.8) is 0 Å². The van der Waals surface area contributed by atoms with E-state index in [1.807, 2.05) is 30.0 Å². The van der Waals surface area contributed by atoms with Crippen molar-refractivity contribution < 1.29 is 9.53 Å². The van der Waals surface area contributed by atoms with Crippen LogP contribution in [-0.4, -0.2) is 36.6 Å². The highest BCUT2D eigenvalue weighted by Gasteiger charge is 2.54. The van der Waals surface area contributed by atoms with E-state index in [9.17, 15) is 4.79 Å². The first kappa shape index (κ1) is 12.7. The lowest BCUT2D eigenvalue weighted by atomic mass is 9.96. The van der Waals surface area contributed by atoms with Gasteiger partial charge in [-0.3, -0.25) is 4.79 Å². The Morgan fingerprint density at radius 1 is 1.32 bits per heavy atom. The first-order valence-electron chi connectivity index (χ1n) is 7.13. The Labute approximate surface area is 114 Å². The number of hydrogen-bond acceptors (Lipinski definition) is 2. The van der Waals surface area contributed by atoms with Crippen LogP contribution in [0.2, 0.25) is 0 Å². The smallest absolute Gasteiger partial charge is 0.251 e. The number of carbonyl (C=O) groups is 1. The van der Waals surface area contributed by atoms with Crippen LogP contribution in [0, 0.1) is 5.41 Å². The Kier molecular flexibility index (Phi) is 3.31. The molecule has 2 fully saturated rings.